The Hall–Kier alpha value is -0.130. The van der Waals surface area contributed by atoms with Crippen LogP contribution in [0.1, 0.15) is 12.8 Å². The van der Waals surface area contributed by atoms with Gasteiger partial charge in [-0.25, -0.2) is 8.42 Å². The molecule has 4 nitrogen and oxygen atoms in total. The van der Waals surface area contributed by atoms with Gasteiger partial charge in [0.05, 0.1) is 11.5 Å². The van der Waals surface area contributed by atoms with E-state index in [-0.39, 0.29) is 24.3 Å². The van der Waals surface area contributed by atoms with Crippen LogP contribution in [0.15, 0.2) is 0 Å². The van der Waals surface area contributed by atoms with E-state index in [1.807, 2.05) is 0 Å². The summed E-state index contributed by atoms with van der Waals surface area (Å²) in [6, 6.07) is 0. The van der Waals surface area contributed by atoms with Crippen LogP contribution in [-0.4, -0.2) is 30.4 Å². The Bertz CT molecular complexity index is 272. The van der Waals surface area contributed by atoms with Gasteiger partial charge in [0.15, 0.2) is 9.84 Å². The number of carbonyl (C=O) groups is 2. The zero-order valence-electron chi connectivity index (χ0n) is 6.63. The SMILES string of the molecule is O=C(Cl)CCS(=O)(=O)CCC(=O)Cl. The highest BCUT2D eigenvalue weighted by atomic mass is 35.5. The summed E-state index contributed by atoms with van der Waals surface area (Å²) in [5.74, 6) is -0.668. The molecule has 0 heterocycles. The molecule has 0 aromatic rings. The summed E-state index contributed by atoms with van der Waals surface area (Å²) in [5, 5.41) is -1.42. The van der Waals surface area contributed by atoms with E-state index in [2.05, 4.69) is 0 Å². The number of halogens is 2. The van der Waals surface area contributed by atoms with Crippen molar-refractivity contribution >= 4 is 43.5 Å². The highest BCUT2D eigenvalue weighted by Gasteiger charge is 2.13. The third-order valence-corrected chi connectivity index (χ3v) is 3.25. The lowest BCUT2D eigenvalue weighted by molar-refractivity contribution is -0.112. The van der Waals surface area contributed by atoms with Crippen LogP contribution in [0, 0.1) is 0 Å². The molecule has 0 aromatic heterocycles. The van der Waals surface area contributed by atoms with Crippen molar-refractivity contribution in [3.63, 3.8) is 0 Å². The van der Waals surface area contributed by atoms with Gasteiger partial charge in [-0.1, -0.05) is 0 Å². The zero-order chi connectivity index (χ0) is 10.5. The molecule has 13 heavy (non-hydrogen) atoms. The molecule has 0 aliphatic heterocycles. The van der Waals surface area contributed by atoms with Crippen LogP contribution in [0.4, 0.5) is 0 Å². The molecule has 0 aliphatic carbocycles. The maximum absolute atomic E-state index is 11.0. The summed E-state index contributed by atoms with van der Waals surface area (Å²) in [4.78, 5) is 20.5. The molecule has 0 radical (unpaired) electrons. The highest BCUT2D eigenvalue weighted by Crippen LogP contribution is 2.01. The van der Waals surface area contributed by atoms with Gasteiger partial charge >= 0.3 is 0 Å². The summed E-state index contributed by atoms with van der Waals surface area (Å²) >= 11 is 9.90. The third kappa shape index (κ3) is 8.21. The largest absolute Gasteiger partial charge is 0.281 e. The molecular formula is C6H8Cl2O4S. The lowest BCUT2D eigenvalue weighted by atomic mass is 10.5. The molecule has 0 rings (SSSR count). The van der Waals surface area contributed by atoms with Gasteiger partial charge in [0.2, 0.25) is 10.5 Å². The van der Waals surface area contributed by atoms with Crippen LogP contribution in [0.25, 0.3) is 0 Å². The summed E-state index contributed by atoms with van der Waals surface area (Å²) in [6.07, 6.45) is -0.471. The molecule has 0 spiro atoms. The lowest BCUT2D eigenvalue weighted by Gasteiger charge is -1.98. The highest BCUT2D eigenvalue weighted by molar-refractivity contribution is 7.91. The Morgan fingerprint density at radius 2 is 1.23 bits per heavy atom. The minimum absolute atomic E-state index is 0.236. The number of rotatable bonds is 6. The monoisotopic (exact) mass is 246 g/mol. The molecule has 0 saturated carbocycles. The number of hydrogen-bond donors (Lipinski definition) is 0. The van der Waals surface area contributed by atoms with Gasteiger partial charge in [0.25, 0.3) is 0 Å². The fraction of sp³-hybridized carbons (Fsp3) is 0.667. The van der Waals surface area contributed by atoms with Gasteiger partial charge in [0, 0.05) is 12.8 Å². The quantitative estimate of drug-likeness (QED) is 0.648. The van der Waals surface area contributed by atoms with Crippen molar-refractivity contribution in [2.75, 3.05) is 11.5 Å². The Kier molecular flexibility index (Phi) is 5.51. The van der Waals surface area contributed by atoms with Gasteiger partial charge in [-0.2, -0.15) is 0 Å². The van der Waals surface area contributed by atoms with Gasteiger partial charge in [0.1, 0.15) is 0 Å². The van der Waals surface area contributed by atoms with E-state index < -0.39 is 20.3 Å². The fourth-order valence-electron chi connectivity index (χ4n) is 0.574. The van der Waals surface area contributed by atoms with E-state index >= 15 is 0 Å². The maximum Gasteiger partial charge on any atom is 0.222 e. The van der Waals surface area contributed by atoms with E-state index in [0.29, 0.717) is 0 Å². The molecule has 0 aromatic carbocycles. The predicted molar refractivity (Wildman–Crippen MR) is 49.6 cm³/mol. The Balaban J connectivity index is 3.95. The van der Waals surface area contributed by atoms with Crippen LogP contribution in [-0.2, 0) is 19.4 Å². The predicted octanol–water partition coefficient (Wildman–Crippen LogP) is 0.712. The van der Waals surface area contributed by atoms with Gasteiger partial charge in [-0.3, -0.25) is 9.59 Å². The van der Waals surface area contributed by atoms with Crippen molar-refractivity contribution in [3.05, 3.63) is 0 Å². The molecule has 76 valence electrons. The smallest absolute Gasteiger partial charge is 0.222 e. The molecular weight excluding hydrogens is 239 g/mol. The number of carbonyl (C=O) groups excluding carboxylic acids is 2. The summed E-state index contributed by atoms with van der Waals surface area (Å²) in [6.45, 7) is 0. The third-order valence-electron chi connectivity index (χ3n) is 1.22. The summed E-state index contributed by atoms with van der Waals surface area (Å²) in [5.41, 5.74) is 0. The lowest BCUT2D eigenvalue weighted by Crippen LogP contribution is -2.14. The molecule has 0 fully saturated rings. The summed E-state index contributed by atoms with van der Waals surface area (Å²) in [7, 11) is -3.38. The fourth-order valence-corrected chi connectivity index (χ4v) is 2.18. The van der Waals surface area contributed by atoms with Gasteiger partial charge in [-0.05, 0) is 23.2 Å². The van der Waals surface area contributed by atoms with Crippen molar-refractivity contribution in [3.8, 4) is 0 Å². The first kappa shape index (κ1) is 12.9. The van der Waals surface area contributed by atoms with Crippen LogP contribution < -0.4 is 0 Å². The van der Waals surface area contributed by atoms with Crippen molar-refractivity contribution in [2.24, 2.45) is 0 Å². The molecule has 0 atom stereocenters. The second-order valence-corrected chi connectivity index (χ2v) is 5.51. The number of sulfone groups is 1. The van der Waals surface area contributed by atoms with Crippen LogP contribution in [0.3, 0.4) is 0 Å². The minimum atomic E-state index is -3.38. The zero-order valence-corrected chi connectivity index (χ0v) is 8.95. The normalized spacial score (nSPS) is 11.2. The van der Waals surface area contributed by atoms with Gasteiger partial charge < -0.3 is 0 Å². The van der Waals surface area contributed by atoms with Crippen LogP contribution in [0.2, 0.25) is 0 Å². The Morgan fingerprint density at radius 3 is 1.46 bits per heavy atom. The maximum atomic E-state index is 11.0. The topological polar surface area (TPSA) is 68.3 Å². The summed E-state index contributed by atoms with van der Waals surface area (Å²) < 4.78 is 22.0. The number of hydrogen-bond acceptors (Lipinski definition) is 4. The van der Waals surface area contributed by atoms with Crippen LogP contribution in [0.5, 0.6) is 0 Å². The van der Waals surface area contributed by atoms with Crippen molar-refractivity contribution in [1.82, 2.24) is 0 Å². The molecule has 0 N–H and O–H groups in total. The molecule has 0 amide bonds. The van der Waals surface area contributed by atoms with E-state index in [9.17, 15) is 18.0 Å². The van der Waals surface area contributed by atoms with E-state index in [0.717, 1.165) is 0 Å². The van der Waals surface area contributed by atoms with E-state index in [4.69, 9.17) is 23.2 Å². The molecule has 0 aliphatic rings. The second-order valence-electron chi connectivity index (χ2n) is 2.36. The van der Waals surface area contributed by atoms with E-state index in [1.54, 1.807) is 0 Å². The van der Waals surface area contributed by atoms with Gasteiger partial charge in [-0.15, -0.1) is 0 Å². The van der Waals surface area contributed by atoms with E-state index in [1.165, 1.54) is 0 Å². The molecule has 0 saturated heterocycles. The Labute approximate surface area is 86.1 Å². The first-order valence-corrected chi connectivity index (χ1v) is 5.98. The Morgan fingerprint density at radius 1 is 0.923 bits per heavy atom. The molecule has 0 bridgehead atoms. The van der Waals surface area contributed by atoms with Crippen molar-refractivity contribution in [2.45, 2.75) is 12.8 Å². The van der Waals surface area contributed by atoms with Crippen molar-refractivity contribution < 1.29 is 18.0 Å². The second kappa shape index (κ2) is 5.57. The molecule has 7 heteroatoms. The average Bonchev–Trinajstić information content (AvgIpc) is 1.98. The van der Waals surface area contributed by atoms with Crippen LogP contribution >= 0.6 is 23.2 Å². The average molecular weight is 247 g/mol. The first-order valence-electron chi connectivity index (χ1n) is 3.40. The first-order chi connectivity index (χ1) is 5.83. The minimum Gasteiger partial charge on any atom is -0.281 e. The van der Waals surface area contributed by atoms with Crippen molar-refractivity contribution in [1.29, 1.82) is 0 Å². The molecule has 0 unspecified atom stereocenters. The standard InChI is InChI=1S/C6H8Cl2O4S/c7-5(9)1-3-13(11,12)4-2-6(8)10/h1-4H2.